The maximum atomic E-state index is 12.8. The molecule has 1 amide bonds. The van der Waals surface area contributed by atoms with Gasteiger partial charge in [-0.1, -0.05) is 71.9 Å². The molecule has 1 N–H and O–H groups in total. The van der Waals surface area contributed by atoms with Gasteiger partial charge in [-0.15, -0.1) is 0 Å². The summed E-state index contributed by atoms with van der Waals surface area (Å²) in [6.45, 7) is 4.08. The molecular formula is C28H25N3O3S. The van der Waals surface area contributed by atoms with Gasteiger partial charge in [0.25, 0.3) is 0 Å². The summed E-state index contributed by atoms with van der Waals surface area (Å²) in [4.78, 5) is 22.4. The lowest BCUT2D eigenvalue weighted by Gasteiger charge is -2.23. The Kier molecular flexibility index (Phi) is 6.42. The molecule has 2 heterocycles. The summed E-state index contributed by atoms with van der Waals surface area (Å²) in [5.41, 5.74) is 5.75. The lowest BCUT2D eigenvalue weighted by Crippen LogP contribution is -2.16. The number of carbonyl (C=O) groups excluding carboxylic acids is 1. The van der Waals surface area contributed by atoms with Crippen molar-refractivity contribution in [3.05, 3.63) is 89.0 Å². The van der Waals surface area contributed by atoms with Crippen molar-refractivity contribution in [1.29, 1.82) is 0 Å². The molecule has 7 heteroatoms. The Bertz CT molecular complexity index is 1400. The quantitative estimate of drug-likeness (QED) is 0.229. The summed E-state index contributed by atoms with van der Waals surface area (Å²) in [6, 6.07) is 21.5. The van der Waals surface area contributed by atoms with Crippen LogP contribution >= 0.6 is 11.8 Å². The van der Waals surface area contributed by atoms with Crippen molar-refractivity contribution in [2.75, 3.05) is 18.2 Å². The number of hydrogen-bond acceptors (Lipinski definition) is 6. The number of amides is 1. The van der Waals surface area contributed by atoms with Crippen LogP contribution in [-0.4, -0.2) is 28.7 Å². The number of benzene rings is 3. The fourth-order valence-corrected chi connectivity index (χ4v) is 4.81. The minimum atomic E-state index is -0.142. The molecule has 0 aliphatic carbocycles. The molecule has 0 fully saturated rings. The fraction of sp³-hybridized carbons (Fsp3) is 0.179. The zero-order chi connectivity index (χ0) is 24.4. The van der Waals surface area contributed by atoms with Crippen LogP contribution in [0.25, 0.3) is 11.4 Å². The monoisotopic (exact) mass is 483 g/mol. The van der Waals surface area contributed by atoms with Crippen LogP contribution in [0.3, 0.4) is 0 Å². The topological polar surface area (TPSA) is 73.3 Å². The Hall–Kier alpha value is -3.84. The summed E-state index contributed by atoms with van der Waals surface area (Å²) in [5.74, 6) is 2.64. The van der Waals surface area contributed by atoms with E-state index in [1.54, 1.807) is 7.11 Å². The molecule has 5 rings (SSSR count). The van der Waals surface area contributed by atoms with E-state index in [0.717, 1.165) is 38.6 Å². The van der Waals surface area contributed by atoms with E-state index in [-0.39, 0.29) is 11.7 Å². The van der Waals surface area contributed by atoms with E-state index in [9.17, 15) is 4.79 Å². The summed E-state index contributed by atoms with van der Waals surface area (Å²) in [5, 5.41) is 3.67. The van der Waals surface area contributed by atoms with Crippen LogP contribution < -0.4 is 14.8 Å². The number of hydrogen-bond donors (Lipinski definition) is 1. The smallest absolute Gasteiger partial charge is 0.234 e. The number of para-hydroxylation sites is 3. The van der Waals surface area contributed by atoms with E-state index in [4.69, 9.17) is 19.4 Å². The van der Waals surface area contributed by atoms with E-state index in [1.165, 1.54) is 11.8 Å². The lowest BCUT2D eigenvalue weighted by atomic mass is 10.0. The predicted molar refractivity (Wildman–Crippen MR) is 139 cm³/mol. The molecule has 4 aromatic rings. The molecule has 0 radical (unpaired) electrons. The SMILES string of the molecule is COc1ccccc1NC(=O)CSc1nc(-c2ccc(C)cc2)nc2c1Cc1cccc(C)c1O2. The number of ether oxygens (including phenoxy) is 2. The highest BCUT2D eigenvalue weighted by Gasteiger charge is 2.25. The Balaban J connectivity index is 1.45. The van der Waals surface area contributed by atoms with E-state index in [2.05, 4.69) is 11.4 Å². The zero-order valence-corrected chi connectivity index (χ0v) is 20.6. The van der Waals surface area contributed by atoms with Gasteiger partial charge in [0.2, 0.25) is 11.8 Å². The summed E-state index contributed by atoms with van der Waals surface area (Å²) in [6.07, 6.45) is 0.650. The molecule has 0 saturated heterocycles. The molecule has 0 unspecified atom stereocenters. The van der Waals surface area contributed by atoms with Gasteiger partial charge in [0, 0.05) is 12.0 Å². The lowest BCUT2D eigenvalue weighted by molar-refractivity contribution is -0.113. The molecule has 3 aromatic carbocycles. The van der Waals surface area contributed by atoms with Crippen molar-refractivity contribution in [2.24, 2.45) is 0 Å². The van der Waals surface area contributed by atoms with Crippen molar-refractivity contribution >= 4 is 23.4 Å². The van der Waals surface area contributed by atoms with Gasteiger partial charge in [0.05, 0.1) is 24.1 Å². The van der Waals surface area contributed by atoms with Crippen LogP contribution in [0.1, 0.15) is 22.3 Å². The normalized spacial score (nSPS) is 11.7. The van der Waals surface area contributed by atoms with Crippen molar-refractivity contribution in [1.82, 2.24) is 9.97 Å². The Morgan fingerprint density at radius 1 is 1.03 bits per heavy atom. The van der Waals surface area contributed by atoms with Gasteiger partial charge in [0.1, 0.15) is 16.5 Å². The van der Waals surface area contributed by atoms with Crippen LogP contribution in [0, 0.1) is 13.8 Å². The van der Waals surface area contributed by atoms with Gasteiger partial charge in [-0.05, 0) is 37.1 Å². The highest BCUT2D eigenvalue weighted by molar-refractivity contribution is 8.00. The number of aryl methyl sites for hydroxylation is 2. The van der Waals surface area contributed by atoms with Crippen molar-refractivity contribution in [3.8, 4) is 28.8 Å². The van der Waals surface area contributed by atoms with E-state index >= 15 is 0 Å². The molecule has 1 aromatic heterocycles. The van der Waals surface area contributed by atoms with E-state index in [1.807, 2.05) is 74.5 Å². The first-order valence-electron chi connectivity index (χ1n) is 11.3. The Morgan fingerprint density at radius 2 is 1.83 bits per heavy atom. The highest BCUT2D eigenvalue weighted by Crippen LogP contribution is 2.41. The van der Waals surface area contributed by atoms with Crippen LogP contribution in [0.15, 0.2) is 71.8 Å². The first-order valence-corrected chi connectivity index (χ1v) is 12.3. The Morgan fingerprint density at radius 3 is 2.63 bits per heavy atom. The van der Waals surface area contributed by atoms with E-state index < -0.39 is 0 Å². The molecule has 35 heavy (non-hydrogen) atoms. The van der Waals surface area contributed by atoms with Gasteiger partial charge in [-0.2, -0.15) is 4.98 Å². The van der Waals surface area contributed by atoms with Crippen LogP contribution in [0.4, 0.5) is 5.69 Å². The van der Waals surface area contributed by atoms with Crippen molar-refractivity contribution in [3.63, 3.8) is 0 Å². The maximum absolute atomic E-state index is 12.8. The summed E-state index contributed by atoms with van der Waals surface area (Å²) < 4.78 is 11.6. The molecule has 0 atom stereocenters. The largest absolute Gasteiger partial charge is 0.495 e. The predicted octanol–water partition coefficient (Wildman–Crippen LogP) is 6.20. The number of thioether (sulfide) groups is 1. The van der Waals surface area contributed by atoms with Crippen LogP contribution in [0.5, 0.6) is 17.4 Å². The highest BCUT2D eigenvalue weighted by atomic mass is 32.2. The second-order valence-electron chi connectivity index (χ2n) is 8.38. The molecule has 0 spiro atoms. The van der Waals surface area contributed by atoms with Gasteiger partial charge < -0.3 is 14.8 Å². The van der Waals surface area contributed by atoms with Crippen molar-refractivity contribution < 1.29 is 14.3 Å². The number of methoxy groups -OCH3 is 1. The van der Waals surface area contributed by atoms with Gasteiger partial charge >= 0.3 is 0 Å². The Labute approximate surface area is 208 Å². The second kappa shape index (κ2) is 9.80. The number of nitrogens with zero attached hydrogens (tertiary/aromatic N) is 2. The summed E-state index contributed by atoms with van der Waals surface area (Å²) in [7, 11) is 1.58. The average Bonchev–Trinajstić information content (AvgIpc) is 2.87. The number of aromatic nitrogens is 2. The van der Waals surface area contributed by atoms with Crippen molar-refractivity contribution in [2.45, 2.75) is 25.3 Å². The molecule has 176 valence electrons. The third kappa shape index (κ3) is 4.86. The van der Waals surface area contributed by atoms with Gasteiger partial charge in [-0.3, -0.25) is 4.79 Å². The first-order chi connectivity index (χ1) is 17.0. The molecule has 0 saturated carbocycles. The molecular weight excluding hydrogens is 458 g/mol. The van der Waals surface area contributed by atoms with Gasteiger partial charge in [-0.25, -0.2) is 4.98 Å². The fourth-order valence-electron chi connectivity index (χ4n) is 3.98. The zero-order valence-electron chi connectivity index (χ0n) is 19.8. The van der Waals surface area contributed by atoms with Crippen LogP contribution in [-0.2, 0) is 11.2 Å². The van der Waals surface area contributed by atoms with E-state index in [0.29, 0.717) is 29.6 Å². The number of fused-ring (bicyclic) bond motifs is 2. The standard InChI is InChI=1S/C28H25N3O3S/c1-17-11-13-19(14-12-17)26-30-27-21(15-20-8-6-7-18(2)25(20)34-27)28(31-26)35-16-24(32)29-22-9-4-5-10-23(22)33-3/h4-14H,15-16H2,1-3H3,(H,29,32). The van der Waals surface area contributed by atoms with Crippen LogP contribution in [0.2, 0.25) is 0 Å². The third-order valence-electron chi connectivity index (χ3n) is 5.82. The molecule has 6 nitrogen and oxygen atoms in total. The molecule has 0 bridgehead atoms. The number of rotatable bonds is 6. The third-order valence-corrected chi connectivity index (χ3v) is 6.84. The second-order valence-corrected chi connectivity index (χ2v) is 9.35. The van der Waals surface area contributed by atoms with Gasteiger partial charge in [0.15, 0.2) is 5.82 Å². The first kappa shape index (κ1) is 22.9. The number of anilines is 1. The average molecular weight is 484 g/mol. The molecule has 1 aliphatic rings. The maximum Gasteiger partial charge on any atom is 0.234 e. The minimum Gasteiger partial charge on any atom is -0.495 e. The minimum absolute atomic E-state index is 0.142. The summed E-state index contributed by atoms with van der Waals surface area (Å²) >= 11 is 1.38. The number of carbonyl (C=O) groups is 1. The molecule has 1 aliphatic heterocycles. The number of nitrogens with one attached hydrogen (secondary N) is 1.